The SMILES string of the molecule is CN=C(NCC1CCCN(C)C1)N1CCC(OCC2CCCO2)CC1.I. The zero-order valence-electron chi connectivity index (χ0n) is 16.5. The number of aliphatic imine (C=N–C) groups is 1. The summed E-state index contributed by atoms with van der Waals surface area (Å²) in [6.07, 6.45) is 7.87. The summed E-state index contributed by atoms with van der Waals surface area (Å²) in [6, 6.07) is 0. The predicted molar refractivity (Wildman–Crippen MR) is 117 cm³/mol. The summed E-state index contributed by atoms with van der Waals surface area (Å²) in [4.78, 5) is 9.33. The number of likely N-dealkylation sites (tertiary alicyclic amines) is 2. The van der Waals surface area contributed by atoms with Crippen molar-refractivity contribution in [2.75, 3.05) is 60.0 Å². The molecule has 1 N–H and O–H groups in total. The third kappa shape index (κ3) is 6.80. The van der Waals surface area contributed by atoms with E-state index in [9.17, 15) is 0 Å². The number of rotatable bonds is 5. The van der Waals surface area contributed by atoms with Crippen LogP contribution in [0.15, 0.2) is 4.99 Å². The van der Waals surface area contributed by atoms with Gasteiger partial charge in [0.2, 0.25) is 0 Å². The van der Waals surface area contributed by atoms with Crippen LogP contribution in [0, 0.1) is 5.92 Å². The average molecular weight is 480 g/mol. The van der Waals surface area contributed by atoms with E-state index in [1.807, 2.05) is 7.05 Å². The Morgan fingerprint density at radius 1 is 1.15 bits per heavy atom. The fourth-order valence-electron chi connectivity index (χ4n) is 4.26. The Morgan fingerprint density at radius 2 is 1.96 bits per heavy atom. The molecule has 3 fully saturated rings. The molecule has 3 aliphatic heterocycles. The summed E-state index contributed by atoms with van der Waals surface area (Å²) in [5, 5.41) is 3.61. The smallest absolute Gasteiger partial charge is 0.193 e. The Kier molecular flexibility index (Phi) is 9.94. The standard InChI is InChI=1S/C19H36N4O2.HI/c1-20-19(21-13-16-5-3-9-22(2)14-16)23-10-7-17(8-11-23)25-15-18-6-4-12-24-18;/h16-18H,3-15H2,1-2H3,(H,20,21);1H. The minimum atomic E-state index is 0. The number of nitrogens with one attached hydrogen (secondary N) is 1. The summed E-state index contributed by atoms with van der Waals surface area (Å²) in [5.74, 6) is 1.80. The second-order valence-corrected chi connectivity index (χ2v) is 7.85. The lowest BCUT2D eigenvalue weighted by atomic mass is 9.98. The van der Waals surface area contributed by atoms with Crippen LogP contribution in [-0.4, -0.2) is 88.0 Å². The first-order valence-corrected chi connectivity index (χ1v) is 10.1. The number of hydrogen-bond donors (Lipinski definition) is 1. The van der Waals surface area contributed by atoms with Crippen LogP contribution < -0.4 is 5.32 Å². The minimum absolute atomic E-state index is 0. The van der Waals surface area contributed by atoms with Gasteiger partial charge in [0.15, 0.2) is 5.96 Å². The van der Waals surface area contributed by atoms with Gasteiger partial charge in [0.05, 0.1) is 18.8 Å². The molecule has 0 radical (unpaired) electrons. The van der Waals surface area contributed by atoms with Crippen molar-refractivity contribution in [1.82, 2.24) is 15.1 Å². The van der Waals surface area contributed by atoms with Gasteiger partial charge in [-0.3, -0.25) is 4.99 Å². The van der Waals surface area contributed by atoms with Gasteiger partial charge in [0.25, 0.3) is 0 Å². The van der Waals surface area contributed by atoms with Gasteiger partial charge in [-0.1, -0.05) is 0 Å². The molecule has 0 amide bonds. The zero-order valence-corrected chi connectivity index (χ0v) is 18.8. The minimum Gasteiger partial charge on any atom is -0.376 e. The molecule has 152 valence electrons. The number of guanidine groups is 1. The van der Waals surface area contributed by atoms with E-state index >= 15 is 0 Å². The summed E-state index contributed by atoms with van der Waals surface area (Å²) in [6.45, 7) is 7.21. The fraction of sp³-hybridized carbons (Fsp3) is 0.947. The van der Waals surface area contributed by atoms with Crippen LogP contribution in [0.2, 0.25) is 0 Å². The first-order chi connectivity index (χ1) is 12.2. The predicted octanol–water partition coefficient (Wildman–Crippen LogP) is 2.18. The monoisotopic (exact) mass is 480 g/mol. The van der Waals surface area contributed by atoms with E-state index in [0.29, 0.717) is 12.2 Å². The highest BCUT2D eigenvalue weighted by molar-refractivity contribution is 14.0. The second kappa shape index (κ2) is 11.7. The molecule has 6 nitrogen and oxygen atoms in total. The van der Waals surface area contributed by atoms with Crippen LogP contribution in [0.1, 0.15) is 38.5 Å². The maximum atomic E-state index is 6.08. The van der Waals surface area contributed by atoms with E-state index in [4.69, 9.17) is 9.47 Å². The molecule has 3 rings (SSSR count). The van der Waals surface area contributed by atoms with Gasteiger partial charge >= 0.3 is 0 Å². The highest BCUT2D eigenvalue weighted by Gasteiger charge is 2.25. The molecule has 0 aliphatic carbocycles. The molecule has 0 bridgehead atoms. The number of piperidine rings is 2. The van der Waals surface area contributed by atoms with Crippen LogP contribution in [-0.2, 0) is 9.47 Å². The highest BCUT2D eigenvalue weighted by atomic mass is 127. The maximum absolute atomic E-state index is 6.08. The molecule has 0 saturated carbocycles. The molecule has 26 heavy (non-hydrogen) atoms. The van der Waals surface area contributed by atoms with Gasteiger partial charge in [0, 0.05) is 39.8 Å². The maximum Gasteiger partial charge on any atom is 0.193 e. The molecular formula is C19H37IN4O2. The molecule has 3 aliphatic rings. The van der Waals surface area contributed by atoms with Crippen molar-refractivity contribution in [2.24, 2.45) is 10.9 Å². The van der Waals surface area contributed by atoms with Crippen molar-refractivity contribution < 1.29 is 9.47 Å². The van der Waals surface area contributed by atoms with Crippen LogP contribution >= 0.6 is 24.0 Å². The molecule has 7 heteroatoms. The van der Waals surface area contributed by atoms with E-state index < -0.39 is 0 Å². The van der Waals surface area contributed by atoms with Gasteiger partial charge in [-0.25, -0.2) is 0 Å². The van der Waals surface area contributed by atoms with E-state index in [1.165, 1.54) is 32.4 Å². The summed E-state index contributed by atoms with van der Waals surface area (Å²) in [7, 11) is 4.12. The summed E-state index contributed by atoms with van der Waals surface area (Å²) in [5.41, 5.74) is 0. The van der Waals surface area contributed by atoms with Crippen LogP contribution in [0.3, 0.4) is 0 Å². The van der Waals surface area contributed by atoms with Crippen LogP contribution in [0.25, 0.3) is 0 Å². The topological polar surface area (TPSA) is 49.3 Å². The Bertz CT molecular complexity index is 424. The van der Waals surface area contributed by atoms with Gasteiger partial charge in [0.1, 0.15) is 0 Å². The van der Waals surface area contributed by atoms with E-state index in [2.05, 4.69) is 27.2 Å². The Morgan fingerprint density at radius 3 is 2.62 bits per heavy atom. The largest absolute Gasteiger partial charge is 0.376 e. The molecule has 0 aromatic rings. The van der Waals surface area contributed by atoms with Crippen molar-refractivity contribution in [3.8, 4) is 0 Å². The molecule has 0 aromatic heterocycles. The van der Waals surface area contributed by atoms with Crippen molar-refractivity contribution in [1.29, 1.82) is 0 Å². The Labute approximate surface area is 176 Å². The first kappa shape index (κ1) is 22.2. The zero-order chi connectivity index (χ0) is 17.5. The number of halogens is 1. The van der Waals surface area contributed by atoms with E-state index in [-0.39, 0.29) is 24.0 Å². The molecule has 0 aromatic carbocycles. The Balaban J connectivity index is 0.00000243. The van der Waals surface area contributed by atoms with Gasteiger partial charge in [-0.05, 0) is 58.0 Å². The summed E-state index contributed by atoms with van der Waals surface area (Å²) >= 11 is 0. The number of hydrogen-bond acceptors (Lipinski definition) is 4. The first-order valence-electron chi connectivity index (χ1n) is 10.1. The van der Waals surface area contributed by atoms with Gasteiger partial charge in [-0.15, -0.1) is 24.0 Å². The third-order valence-corrected chi connectivity index (χ3v) is 5.77. The van der Waals surface area contributed by atoms with Crippen molar-refractivity contribution in [2.45, 2.75) is 50.7 Å². The fourth-order valence-corrected chi connectivity index (χ4v) is 4.26. The molecule has 3 saturated heterocycles. The summed E-state index contributed by atoms with van der Waals surface area (Å²) < 4.78 is 11.7. The average Bonchev–Trinajstić information content (AvgIpc) is 3.15. The van der Waals surface area contributed by atoms with E-state index in [0.717, 1.165) is 64.0 Å². The van der Waals surface area contributed by atoms with Crippen LogP contribution in [0.4, 0.5) is 0 Å². The van der Waals surface area contributed by atoms with Crippen LogP contribution in [0.5, 0.6) is 0 Å². The Hall–Kier alpha value is -0.120. The lowest BCUT2D eigenvalue weighted by Crippen LogP contribution is -2.49. The third-order valence-electron chi connectivity index (χ3n) is 5.77. The lowest BCUT2D eigenvalue weighted by molar-refractivity contribution is -0.0367. The molecule has 2 unspecified atom stereocenters. The molecular weight excluding hydrogens is 443 g/mol. The van der Waals surface area contributed by atoms with Gasteiger partial charge in [-0.2, -0.15) is 0 Å². The number of ether oxygens (including phenoxy) is 2. The van der Waals surface area contributed by atoms with Gasteiger partial charge < -0.3 is 24.6 Å². The van der Waals surface area contributed by atoms with E-state index in [1.54, 1.807) is 0 Å². The molecule has 3 heterocycles. The van der Waals surface area contributed by atoms with Crippen molar-refractivity contribution >= 4 is 29.9 Å². The normalized spacial score (nSPS) is 28.8. The quantitative estimate of drug-likeness (QED) is 0.372. The van der Waals surface area contributed by atoms with Crippen molar-refractivity contribution in [3.05, 3.63) is 0 Å². The number of nitrogens with zero attached hydrogens (tertiary/aromatic N) is 3. The highest BCUT2D eigenvalue weighted by Crippen LogP contribution is 2.18. The molecule has 0 spiro atoms. The van der Waals surface area contributed by atoms with Crippen molar-refractivity contribution in [3.63, 3.8) is 0 Å². The second-order valence-electron chi connectivity index (χ2n) is 7.85. The lowest BCUT2D eigenvalue weighted by Gasteiger charge is -2.36. The molecule has 2 atom stereocenters.